The van der Waals surface area contributed by atoms with Crippen LogP contribution in [0.4, 0.5) is 0 Å². The maximum Gasteiger partial charge on any atom is 0.274 e. The van der Waals surface area contributed by atoms with Crippen molar-refractivity contribution < 1.29 is 5.11 Å². The Morgan fingerprint density at radius 2 is 2.05 bits per heavy atom. The first kappa shape index (κ1) is 13.3. The van der Waals surface area contributed by atoms with Gasteiger partial charge in [0.05, 0.1) is 20.6 Å². The van der Waals surface area contributed by atoms with E-state index in [0.717, 1.165) is 16.6 Å². The molecule has 6 heteroatoms. The van der Waals surface area contributed by atoms with E-state index in [9.17, 15) is 9.90 Å². The summed E-state index contributed by atoms with van der Waals surface area (Å²) >= 11 is 7.23. The lowest BCUT2D eigenvalue weighted by Gasteiger charge is -1.96. The number of aromatic hydroxyl groups is 1. The number of phenolic OH excluding ortho intramolecular Hbond substituents is 1. The third-order valence-corrected chi connectivity index (χ3v) is 4.69. The highest BCUT2D eigenvalue weighted by molar-refractivity contribution is 7.15. The maximum absolute atomic E-state index is 12.6. The minimum Gasteiger partial charge on any atom is -0.506 e. The summed E-state index contributed by atoms with van der Waals surface area (Å²) in [5, 5.41) is 9.70. The van der Waals surface area contributed by atoms with Crippen molar-refractivity contribution in [3.05, 3.63) is 67.9 Å². The Labute approximate surface area is 133 Å². The topological polar surface area (TPSA) is 54.6 Å². The molecule has 2 aromatic heterocycles. The summed E-state index contributed by atoms with van der Waals surface area (Å²) in [4.78, 5) is 17.7. The minimum atomic E-state index is -0.0992. The van der Waals surface area contributed by atoms with Gasteiger partial charge in [-0.25, -0.2) is 9.38 Å². The van der Waals surface area contributed by atoms with Crippen LogP contribution in [0, 0.1) is 0 Å². The summed E-state index contributed by atoms with van der Waals surface area (Å²) in [6, 6.07) is 12.4. The summed E-state index contributed by atoms with van der Waals surface area (Å²) in [7, 11) is 0. The molecule has 0 saturated carbocycles. The lowest BCUT2D eigenvalue weighted by molar-refractivity contribution is 0.475. The molecule has 0 aliphatic carbocycles. The molecule has 4 rings (SSSR count). The monoisotopic (exact) mass is 328 g/mol. The van der Waals surface area contributed by atoms with E-state index in [0.29, 0.717) is 9.49 Å². The normalized spacial score (nSPS) is 12.5. The number of phenols is 1. The van der Waals surface area contributed by atoms with Gasteiger partial charge in [-0.05, 0) is 35.9 Å². The first-order chi connectivity index (χ1) is 10.6. The largest absolute Gasteiger partial charge is 0.506 e. The molecule has 0 spiro atoms. The molecule has 4 nitrogen and oxygen atoms in total. The van der Waals surface area contributed by atoms with E-state index in [1.54, 1.807) is 22.6 Å². The number of para-hydroxylation sites is 2. The first-order valence-corrected chi connectivity index (χ1v) is 7.73. The highest BCUT2D eigenvalue weighted by atomic mass is 35.5. The number of nitrogens with zero attached hydrogens (tertiary/aromatic N) is 2. The van der Waals surface area contributed by atoms with Crippen molar-refractivity contribution >= 4 is 45.0 Å². The number of halogens is 1. The Morgan fingerprint density at radius 1 is 1.23 bits per heavy atom. The average Bonchev–Trinajstić information content (AvgIpc) is 3.00. The van der Waals surface area contributed by atoms with Crippen molar-refractivity contribution in [1.29, 1.82) is 0 Å². The molecular weight excluding hydrogens is 320 g/mol. The number of aromatic nitrogens is 2. The SMILES string of the molecule is O=c1c(=Cc2ccc(O)c(Cl)c2)sc2nc3ccccc3n12. The Morgan fingerprint density at radius 3 is 2.86 bits per heavy atom. The van der Waals surface area contributed by atoms with Crippen molar-refractivity contribution in [1.82, 2.24) is 9.38 Å². The molecule has 0 unspecified atom stereocenters. The van der Waals surface area contributed by atoms with Crippen molar-refractivity contribution in [3.63, 3.8) is 0 Å². The molecule has 0 amide bonds. The minimum absolute atomic E-state index is 0.0214. The van der Waals surface area contributed by atoms with E-state index in [-0.39, 0.29) is 16.3 Å². The molecule has 0 bridgehead atoms. The van der Waals surface area contributed by atoms with Crippen LogP contribution < -0.4 is 10.1 Å². The Balaban J connectivity index is 1.99. The molecule has 0 aliphatic heterocycles. The molecule has 0 saturated heterocycles. The zero-order valence-electron chi connectivity index (χ0n) is 11.2. The quantitative estimate of drug-likeness (QED) is 0.584. The molecule has 2 aromatic carbocycles. The Hall–Kier alpha value is -2.37. The van der Waals surface area contributed by atoms with Crippen LogP contribution in [0.25, 0.3) is 22.1 Å². The highest BCUT2D eigenvalue weighted by Gasteiger charge is 2.10. The zero-order chi connectivity index (χ0) is 15.3. The molecular formula is C16H9ClN2O2S. The molecule has 0 fully saturated rings. The lowest BCUT2D eigenvalue weighted by atomic mass is 10.2. The zero-order valence-corrected chi connectivity index (χ0v) is 12.7. The van der Waals surface area contributed by atoms with Crippen LogP contribution in [-0.4, -0.2) is 14.5 Å². The van der Waals surface area contributed by atoms with Gasteiger partial charge in [-0.3, -0.25) is 4.79 Å². The number of imidazole rings is 1. The fourth-order valence-corrected chi connectivity index (χ4v) is 3.55. The van der Waals surface area contributed by atoms with E-state index < -0.39 is 0 Å². The van der Waals surface area contributed by atoms with Crippen LogP contribution >= 0.6 is 22.9 Å². The van der Waals surface area contributed by atoms with Gasteiger partial charge in [-0.2, -0.15) is 0 Å². The molecule has 4 aromatic rings. The summed E-state index contributed by atoms with van der Waals surface area (Å²) in [6.07, 6.45) is 1.75. The number of fused-ring (bicyclic) bond motifs is 3. The molecule has 0 radical (unpaired) electrons. The van der Waals surface area contributed by atoms with Crippen LogP contribution in [0.15, 0.2) is 47.3 Å². The number of hydrogen-bond donors (Lipinski definition) is 1. The van der Waals surface area contributed by atoms with Gasteiger partial charge in [0.25, 0.3) is 5.56 Å². The fraction of sp³-hybridized carbons (Fsp3) is 0. The Bertz CT molecular complexity index is 1130. The van der Waals surface area contributed by atoms with Gasteiger partial charge in [0, 0.05) is 0 Å². The van der Waals surface area contributed by atoms with Crippen molar-refractivity contribution in [3.8, 4) is 5.75 Å². The summed E-state index contributed by atoms with van der Waals surface area (Å²) in [5.74, 6) is 0.0214. The number of rotatable bonds is 1. The molecule has 1 N–H and O–H groups in total. The van der Waals surface area contributed by atoms with E-state index in [1.165, 1.54) is 17.4 Å². The van der Waals surface area contributed by atoms with Crippen molar-refractivity contribution in [2.45, 2.75) is 0 Å². The highest BCUT2D eigenvalue weighted by Crippen LogP contribution is 2.24. The fourth-order valence-electron chi connectivity index (χ4n) is 2.38. The predicted octanol–water partition coefficient (Wildman–Crippen LogP) is 2.82. The van der Waals surface area contributed by atoms with E-state index >= 15 is 0 Å². The third-order valence-electron chi connectivity index (χ3n) is 3.41. The van der Waals surface area contributed by atoms with Crippen molar-refractivity contribution in [2.24, 2.45) is 0 Å². The number of benzene rings is 2. The standard InChI is InChI=1S/C16H9ClN2O2S/c17-10-7-9(5-6-13(10)20)8-14-15(21)19-12-4-2-1-3-11(12)18-16(19)22-14/h1-8,20H. The average molecular weight is 329 g/mol. The van der Waals surface area contributed by atoms with Crippen LogP contribution in [-0.2, 0) is 0 Å². The van der Waals surface area contributed by atoms with Crippen LogP contribution in [0.1, 0.15) is 5.56 Å². The van der Waals surface area contributed by atoms with Crippen molar-refractivity contribution in [2.75, 3.05) is 0 Å². The first-order valence-electron chi connectivity index (χ1n) is 6.54. The van der Waals surface area contributed by atoms with Gasteiger partial charge in [0.15, 0.2) is 4.96 Å². The predicted molar refractivity (Wildman–Crippen MR) is 88.7 cm³/mol. The maximum atomic E-state index is 12.6. The van der Waals surface area contributed by atoms with E-state index in [4.69, 9.17) is 11.6 Å². The van der Waals surface area contributed by atoms with Gasteiger partial charge < -0.3 is 5.11 Å². The summed E-state index contributed by atoms with van der Waals surface area (Å²) < 4.78 is 2.20. The van der Waals surface area contributed by atoms with Gasteiger partial charge in [0.2, 0.25) is 0 Å². The number of thiazole rings is 1. The molecule has 2 heterocycles. The lowest BCUT2D eigenvalue weighted by Crippen LogP contribution is -2.22. The molecule has 22 heavy (non-hydrogen) atoms. The van der Waals surface area contributed by atoms with Gasteiger partial charge >= 0.3 is 0 Å². The summed E-state index contributed by atoms with van der Waals surface area (Å²) in [5.41, 5.74) is 2.28. The molecule has 108 valence electrons. The van der Waals surface area contributed by atoms with Gasteiger partial charge in [-0.1, -0.05) is 41.1 Å². The summed E-state index contributed by atoms with van der Waals surface area (Å²) in [6.45, 7) is 0. The number of hydrogen-bond acceptors (Lipinski definition) is 4. The second kappa shape index (κ2) is 4.83. The van der Waals surface area contributed by atoms with E-state index in [2.05, 4.69) is 4.98 Å². The van der Waals surface area contributed by atoms with Gasteiger partial charge in [0.1, 0.15) is 5.75 Å². The second-order valence-electron chi connectivity index (χ2n) is 4.85. The smallest absolute Gasteiger partial charge is 0.274 e. The second-order valence-corrected chi connectivity index (χ2v) is 6.26. The van der Waals surface area contributed by atoms with Crippen LogP contribution in [0.2, 0.25) is 5.02 Å². The molecule has 0 aliphatic rings. The third kappa shape index (κ3) is 1.98. The van der Waals surface area contributed by atoms with Crippen LogP contribution in [0.3, 0.4) is 0 Å². The Kier molecular flexibility index (Phi) is 2.92. The van der Waals surface area contributed by atoms with Crippen LogP contribution in [0.5, 0.6) is 5.75 Å². The van der Waals surface area contributed by atoms with E-state index in [1.807, 2.05) is 24.3 Å². The molecule has 0 atom stereocenters. The van der Waals surface area contributed by atoms with Gasteiger partial charge in [-0.15, -0.1) is 0 Å².